The second kappa shape index (κ2) is 5.06. The Kier molecular flexibility index (Phi) is 3.39. The van der Waals surface area contributed by atoms with Crippen LogP contribution >= 0.6 is 31.9 Å². The predicted molar refractivity (Wildman–Crippen MR) is 82.3 cm³/mol. The second-order valence-corrected chi connectivity index (χ2v) is 5.85. The third-order valence-electron chi connectivity index (χ3n) is 2.93. The van der Waals surface area contributed by atoms with Crippen molar-refractivity contribution in [1.82, 2.24) is 10.4 Å². The van der Waals surface area contributed by atoms with Gasteiger partial charge in [-0.1, -0.05) is 0 Å². The number of rotatable bonds is 2. The van der Waals surface area contributed by atoms with Gasteiger partial charge in [0, 0.05) is 11.3 Å². The molecule has 0 atom stereocenters. The van der Waals surface area contributed by atoms with Gasteiger partial charge in [-0.2, -0.15) is 5.10 Å². The fourth-order valence-corrected chi connectivity index (χ4v) is 2.75. The zero-order valence-corrected chi connectivity index (χ0v) is 13.5. The highest BCUT2D eigenvalue weighted by Crippen LogP contribution is 2.32. The van der Waals surface area contributed by atoms with Crippen LogP contribution < -0.4 is 5.43 Å². The van der Waals surface area contributed by atoms with Crippen LogP contribution in [0.4, 0.5) is 0 Å². The largest absolute Gasteiger partial charge is 0.472 e. The number of hydrogen-bond acceptors (Lipinski definition) is 3. The van der Waals surface area contributed by atoms with Crippen LogP contribution in [0.15, 0.2) is 42.6 Å². The maximum Gasteiger partial charge on any atom is 0.273 e. The maximum atomic E-state index is 11.9. The van der Waals surface area contributed by atoms with Crippen molar-refractivity contribution in [3.63, 3.8) is 0 Å². The molecule has 0 aliphatic carbocycles. The zero-order chi connectivity index (χ0) is 14.3. The van der Waals surface area contributed by atoms with E-state index in [1.807, 2.05) is 6.92 Å². The minimum absolute atomic E-state index is 0.239. The number of nitrogens with zero attached hydrogens (tertiary/aromatic N) is 1. The van der Waals surface area contributed by atoms with Gasteiger partial charge in [0.05, 0.1) is 32.7 Å². The third-order valence-corrected chi connectivity index (χ3v) is 5.28. The van der Waals surface area contributed by atoms with E-state index in [0.29, 0.717) is 11.3 Å². The first-order chi connectivity index (χ1) is 9.58. The van der Waals surface area contributed by atoms with Crippen molar-refractivity contribution in [2.24, 2.45) is 5.10 Å². The van der Waals surface area contributed by atoms with Crippen molar-refractivity contribution in [1.29, 1.82) is 0 Å². The smallest absolute Gasteiger partial charge is 0.273 e. The minimum atomic E-state index is -0.239. The monoisotopic (exact) mass is 397 g/mol. The summed E-state index contributed by atoms with van der Waals surface area (Å²) in [5, 5.41) is 4.04. The molecule has 1 aliphatic rings. The summed E-state index contributed by atoms with van der Waals surface area (Å²) in [6, 6.07) is 1.76. The number of halogens is 2. The van der Waals surface area contributed by atoms with Crippen molar-refractivity contribution in [2.75, 3.05) is 0 Å². The minimum Gasteiger partial charge on any atom is -0.472 e. The van der Waals surface area contributed by atoms with Crippen molar-refractivity contribution in [2.45, 2.75) is 6.92 Å². The topological polar surface area (TPSA) is 70.4 Å². The number of amides is 1. The lowest BCUT2D eigenvalue weighted by atomic mass is 10.0. The van der Waals surface area contributed by atoms with Crippen LogP contribution in [0.5, 0.6) is 0 Å². The van der Waals surface area contributed by atoms with E-state index in [-0.39, 0.29) is 5.91 Å². The molecule has 20 heavy (non-hydrogen) atoms. The van der Waals surface area contributed by atoms with Crippen LogP contribution in [0, 0.1) is 6.92 Å². The molecule has 1 amide bonds. The molecule has 3 rings (SSSR count). The third kappa shape index (κ3) is 2.16. The van der Waals surface area contributed by atoms with E-state index in [2.05, 4.69) is 47.4 Å². The van der Waals surface area contributed by atoms with Crippen molar-refractivity contribution in [3.05, 3.63) is 50.1 Å². The van der Waals surface area contributed by atoms with Gasteiger partial charge in [0.1, 0.15) is 5.71 Å². The number of hydrogen-bond donors (Lipinski definition) is 2. The molecule has 2 aromatic rings. The highest BCUT2D eigenvalue weighted by molar-refractivity contribution is 9.13. The number of hydrazone groups is 1. The summed E-state index contributed by atoms with van der Waals surface area (Å²) in [7, 11) is 0. The molecule has 0 unspecified atom stereocenters. The summed E-state index contributed by atoms with van der Waals surface area (Å²) in [5.41, 5.74) is 6.06. The van der Waals surface area contributed by atoms with Crippen LogP contribution in [0.3, 0.4) is 0 Å². The van der Waals surface area contributed by atoms with E-state index >= 15 is 0 Å². The molecule has 0 bridgehead atoms. The van der Waals surface area contributed by atoms with Gasteiger partial charge in [0.2, 0.25) is 0 Å². The maximum absolute atomic E-state index is 11.9. The van der Waals surface area contributed by atoms with Gasteiger partial charge < -0.3 is 9.40 Å². The van der Waals surface area contributed by atoms with Crippen molar-refractivity contribution >= 4 is 49.6 Å². The molecule has 102 valence electrons. The van der Waals surface area contributed by atoms with E-state index in [0.717, 1.165) is 25.9 Å². The van der Waals surface area contributed by atoms with Gasteiger partial charge in [0.25, 0.3) is 5.91 Å². The summed E-state index contributed by atoms with van der Waals surface area (Å²) >= 11 is 6.95. The van der Waals surface area contributed by atoms with E-state index in [1.165, 1.54) is 0 Å². The molecule has 0 fully saturated rings. The Balaban J connectivity index is 2.07. The Morgan fingerprint density at radius 3 is 2.75 bits per heavy atom. The van der Waals surface area contributed by atoms with Crippen molar-refractivity contribution in [3.8, 4) is 0 Å². The number of aromatic amines is 1. The lowest BCUT2D eigenvalue weighted by Gasteiger charge is -1.98. The normalized spacial score (nSPS) is 16.6. The van der Waals surface area contributed by atoms with Crippen LogP contribution in [0.2, 0.25) is 0 Å². The molecule has 2 N–H and O–H groups in total. The lowest BCUT2D eigenvalue weighted by Crippen LogP contribution is -2.13. The summed E-state index contributed by atoms with van der Waals surface area (Å²) in [4.78, 5) is 15.1. The zero-order valence-electron chi connectivity index (χ0n) is 10.3. The first kappa shape index (κ1) is 13.4. The van der Waals surface area contributed by atoms with Gasteiger partial charge in [-0.05, 0) is 50.9 Å². The molecule has 3 heterocycles. The van der Waals surface area contributed by atoms with Gasteiger partial charge in [-0.3, -0.25) is 4.79 Å². The van der Waals surface area contributed by atoms with E-state index < -0.39 is 0 Å². The summed E-state index contributed by atoms with van der Waals surface area (Å²) in [5.74, 6) is -0.239. The predicted octanol–water partition coefficient (Wildman–Crippen LogP) is 3.36. The molecule has 0 saturated carbocycles. The molecule has 0 saturated heterocycles. The Morgan fingerprint density at radius 1 is 1.35 bits per heavy atom. The standard InChI is InChI=1S/C13H9Br2N3O2/c1-6-10(14)11(15)9(16-6)4-8-12(17-18-13(8)19)7-2-3-20-5-7/h2-5,16H,1H3,(H,18,19)/b8-4-. The van der Waals surface area contributed by atoms with Crippen LogP contribution in [0.1, 0.15) is 17.0 Å². The molecule has 0 radical (unpaired) electrons. The molecule has 2 aromatic heterocycles. The number of aromatic nitrogens is 1. The first-order valence-corrected chi connectivity index (χ1v) is 7.32. The Bertz CT molecular complexity index is 742. The summed E-state index contributed by atoms with van der Waals surface area (Å²) in [6.45, 7) is 1.94. The molecular formula is C13H9Br2N3O2. The van der Waals surface area contributed by atoms with Gasteiger partial charge in [-0.15, -0.1) is 0 Å². The average molecular weight is 399 g/mol. The SMILES string of the molecule is Cc1[nH]c(/C=C2\C(=O)NN=C2c2ccoc2)c(Br)c1Br. The summed E-state index contributed by atoms with van der Waals surface area (Å²) < 4.78 is 6.84. The molecule has 5 nitrogen and oxygen atoms in total. The molecule has 0 aromatic carbocycles. The van der Waals surface area contributed by atoms with Crippen LogP contribution in [-0.4, -0.2) is 16.6 Å². The highest BCUT2D eigenvalue weighted by Gasteiger charge is 2.25. The van der Waals surface area contributed by atoms with Gasteiger partial charge >= 0.3 is 0 Å². The Hall–Kier alpha value is -1.60. The number of carbonyl (C=O) groups excluding carboxylic acids is 1. The lowest BCUT2D eigenvalue weighted by molar-refractivity contribution is -0.116. The summed E-state index contributed by atoms with van der Waals surface area (Å²) in [6.07, 6.45) is 4.86. The van der Waals surface area contributed by atoms with E-state index in [4.69, 9.17) is 4.42 Å². The van der Waals surface area contributed by atoms with Crippen LogP contribution in [-0.2, 0) is 4.79 Å². The molecule has 7 heteroatoms. The molecule has 1 aliphatic heterocycles. The Labute approximate surface area is 131 Å². The quantitative estimate of drug-likeness (QED) is 0.761. The second-order valence-electron chi connectivity index (χ2n) is 4.26. The van der Waals surface area contributed by atoms with Gasteiger partial charge in [-0.25, -0.2) is 5.43 Å². The van der Waals surface area contributed by atoms with Crippen molar-refractivity contribution < 1.29 is 9.21 Å². The fourth-order valence-electron chi connectivity index (χ4n) is 1.93. The number of furan rings is 1. The molecule has 0 spiro atoms. The number of H-pyrrole nitrogens is 1. The van der Waals surface area contributed by atoms with E-state index in [9.17, 15) is 4.79 Å². The van der Waals surface area contributed by atoms with E-state index in [1.54, 1.807) is 24.7 Å². The number of nitrogens with one attached hydrogen (secondary N) is 2. The fraction of sp³-hybridized carbons (Fsp3) is 0.0769. The first-order valence-electron chi connectivity index (χ1n) is 5.74. The van der Waals surface area contributed by atoms with Gasteiger partial charge in [0.15, 0.2) is 0 Å². The average Bonchev–Trinajstić information content (AvgIpc) is 3.11. The number of carbonyl (C=O) groups is 1. The molecular weight excluding hydrogens is 390 g/mol. The highest BCUT2D eigenvalue weighted by atomic mass is 79.9. The number of aryl methyl sites for hydroxylation is 1. The Morgan fingerprint density at radius 2 is 2.15 bits per heavy atom. The van der Waals surface area contributed by atoms with Crippen LogP contribution in [0.25, 0.3) is 6.08 Å².